The Balaban J connectivity index is 1.51. The molecule has 1 aliphatic heterocycles. The van der Waals surface area contributed by atoms with Crippen LogP contribution in [0.1, 0.15) is 29.2 Å². The number of nitro groups is 1. The predicted octanol–water partition coefficient (Wildman–Crippen LogP) is 4.82. The van der Waals surface area contributed by atoms with E-state index in [4.69, 9.17) is 16.6 Å². The minimum Gasteiger partial charge on any atom is -0.459 e. The molecule has 1 N–H and O–H groups in total. The zero-order valence-electron chi connectivity index (χ0n) is 17.4. The second kappa shape index (κ2) is 8.79. The monoisotopic (exact) mass is 457 g/mol. The molecule has 0 unspecified atom stereocenters. The fourth-order valence-corrected chi connectivity index (χ4v) is 4.27. The van der Waals surface area contributed by atoms with E-state index in [1.807, 2.05) is 48.5 Å². The molecule has 164 valence electrons. The number of non-ortho nitro benzene ring substituents is 1. The van der Waals surface area contributed by atoms with Crippen LogP contribution in [0.2, 0.25) is 0 Å². The highest BCUT2D eigenvalue weighted by atomic mass is 32.1. The third-order valence-corrected chi connectivity index (χ3v) is 5.89. The molecule has 0 amide bonds. The lowest BCUT2D eigenvalue weighted by Crippen LogP contribution is -2.29. The normalized spacial score (nSPS) is 17.7. The van der Waals surface area contributed by atoms with Crippen LogP contribution in [-0.2, 0) is 6.54 Å². The van der Waals surface area contributed by atoms with Crippen LogP contribution in [-0.4, -0.2) is 24.9 Å². The van der Waals surface area contributed by atoms with Gasteiger partial charge in [0.1, 0.15) is 17.6 Å². The standard InChI is InChI=1S/C24H19N5O3S/c30-29(31)18-9-7-16(8-10-18)20-11-12-21(32-20)23-22(19-6-2-4-14-26-19)27-24(33)28(23)15-17-5-1-3-13-25-17/h1-14,22-23H,15H2,(H,27,33)/t22-,23-/m0/s1. The van der Waals surface area contributed by atoms with E-state index >= 15 is 0 Å². The number of furan rings is 1. The molecule has 0 saturated carbocycles. The molecule has 4 aromatic rings. The van der Waals surface area contributed by atoms with Gasteiger partial charge in [-0.25, -0.2) is 0 Å². The number of aromatic nitrogens is 2. The molecule has 1 saturated heterocycles. The number of hydrogen-bond acceptors (Lipinski definition) is 6. The van der Waals surface area contributed by atoms with Crippen molar-refractivity contribution >= 4 is 23.0 Å². The summed E-state index contributed by atoms with van der Waals surface area (Å²) in [5, 5.41) is 14.9. The first-order valence-electron chi connectivity index (χ1n) is 10.3. The zero-order valence-corrected chi connectivity index (χ0v) is 18.2. The molecule has 1 aliphatic rings. The molecule has 1 aromatic carbocycles. The minimum absolute atomic E-state index is 0.0348. The molecule has 3 aromatic heterocycles. The Labute approximate surface area is 195 Å². The molecule has 8 nitrogen and oxygen atoms in total. The van der Waals surface area contributed by atoms with Gasteiger partial charge in [-0.15, -0.1) is 0 Å². The van der Waals surface area contributed by atoms with E-state index in [1.54, 1.807) is 24.5 Å². The highest BCUT2D eigenvalue weighted by Gasteiger charge is 2.41. The van der Waals surface area contributed by atoms with Crippen LogP contribution in [0.3, 0.4) is 0 Å². The highest BCUT2D eigenvalue weighted by molar-refractivity contribution is 7.80. The molecule has 9 heteroatoms. The van der Waals surface area contributed by atoms with Crippen molar-refractivity contribution in [3.05, 3.63) is 112 Å². The van der Waals surface area contributed by atoms with Crippen molar-refractivity contribution in [1.29, 1.82) is 0 Å². The van der Waals surface area contributed by atoms with Crippen LogP contribution in [0.15, 0.2) is 89.6 Å². The second-order valence-corrected chi connectivity index (χ2v) is 7.97. The number of nitro benzene ring substituents is 1. The van der Waals surface area contributed by atoms with E-state index in [2.05, 4.69) is 20.2 Å². The maximum absolute atomic E-state index is 11.0. The van der Waals surface area contributed by atoms with Crippen molar-refractivity contribution in [3.8, 4) is 11.3 Å². The molecular weight excluding hydrogens is 438 g/mol. The van der Waals surface area contributed by atoms with E-state index < -0.39 is 4.92 Å². The van der Waals surface area contributed by atoms with Gasteiger partial charge >= 0.3 is 0 Å². The fourth-order valence-electron chi connectivity index (χ4n) is 3.97. The highest BCUT2D eigenvalue weighted by Crippen LogP contribution is 2.41. The van der Waals surface area contributed by atoms with Gasteiger partial charge in [0.25, 0.3) is 5.69 Å². The number of rotatable bonds is 6. The van der Waals surface area contributed by atoms with Crippen molar-refractivity contribution in [2.75, 3.05) is 0 Å². The quantitative estimate of drug-likeness (QED) is 0.250. The summed E-state index contributed by atoms with van der Waals surface area (Å²) in [5.74, 6) is 1.33. The van der Waals surface area contributed by atoms with E-state index in [-0.39, 0.29) is 17.8 Å². The molecule has 5 rings (SSSR count). The van der Waals surface area contributed by atoms with Crippen LogP contribution >= 0.6 is 12.2 Å². The molecule has 0 aliphatic carbocycles. The van der Waals surface area contributed by atoms with Crippen molar-refractivity contribution in [2.45, 2.75) is 18.6 Å². The average Bonchev–Trinajstić information content (AvgIpc) is 3.45. The van der Waals surface area contributed by atoms with Gasteiger partial charge < -0.3 is 14.6 Å². The molecule has 0 bridgehead atoms. The summed E-state index contributed by atoms with van der Waals surface area (Å²) in [6.45, 7) is 0.508. The number of hydrogen-bond donors (Lipinski definition) is 1. The largest absolute Gasteiger partial charge is 0.459 e. The van der Waals surface area contributed by atoms with E-state index in [9.17, 15) is 10.1 Å². The Morgan fingerprint density at radius 3 is 2.42 bits per heavy atom. The van der Waals surface area contributed by atoms with Crippen LogP contribution < -0.4 is 5.32 Å². The van der Waals surface area contributed by atoms with E-state index in [1.165, 1.54) is 12.1 Å². The number of benzene rings is 1. The van der Waals surface area contributed by atoms with Crippen molar-refractivity contribution in [1.82, 2.24) is 20.2 Å². The lowest BCUT2D eigenvalue weighted by molar-refractivity contribution is -0.384. The van der Waals surface area contributed by atoms with Gasteiger partial charge in [-0.1, -0.05) is 12.1 Å². The number of nitrogens with one attached hydrogen (secondary N) is 1. The molecule has 0 radical (unpaired) electrons. The first-order chi connectivity index (χ1) is 16.1. The van der Waals surface area contributed by atoms with Gasteiger partial charge in [-0.2, -0.15) is 0 Å². The Morgan fingerprint density at radius 2 is 1.76 bits per heavy atom. The van der Waals surface area contributed by atoms with Gasteiger partial charge in [0.2, 0.25) is 0 Å². The van der Waals surface area contributed by atoms with Gasteiger partial charge in [-0.05, 0) is 60.7 Å². The zero-order chi connectivity index (χ0) is 22.8. The third-order valence-electron chi connectivity index (χ3n) is 5.54. The summed E-state index contributed by atoms with van der Waals surface area (Å²) in [5.41, 5.74) is 2.52. The first-order valence-corrected chi connectivity index (χ1v) is 10.7. The average molecular weight is 458 g/mol. The minimum atomic E-state index is -0.421. The Morgan fingerprint density at radius 1 is 1.00 bits per heavy atom. The Hall–Kier alpha value is -4.11. The van der Waals surface area contributed by atoms with Crippen molar-refractivity contribution in [2.24, 2.45) is 0 Å². The summed E-state index contributed by atoms with van der Waals surface area (Å²) in [7, 11) is 0. The van der Waals surface area contributed by atoms with Crippen LogP contribution in [0.25, 0.3) is 11.3 Å². The van der Waals surface area contributed by atoms with Crippen LogP contribution in [0.4, 0.5) is 5.69 Å². The summed E-state index contributed by atoms with van der Waals surface area (Å²) in [6, 6.07) is 21.2. The third kappa shape index (κ3) is 4.18. The number of nitrogens with zero attached hydrogens (tertiary/aromatic N) is 4. The molecule has 0 spiro atoms. The van der Waals surface area contributed by atoms with Crippen LogP contribution in [0.5, 0.6) is 0 Å². The maximum Gasteiger partial charge on any atom is 0.269 e. The van der Waals surface area contributed by atoms with Gasteiger partial charge in [-0.3, -0.25) is 20.1 Å². The van der Waals surface area contributed by atoms with E-state index in [0.29, 0.717) is 23.2 Å². The van der Waals surface area contributed by atoms with Gasteiger partial charge in [0, 0.05) is 30.1 Å². The lowest BCUT2D eigenvalue weighted by atomic mass is 10.0. The Kier molecular flexibility index (Phi) is 5.54. The predicted molar refractivity (Wildman–Crippen MR) is 126 cm³/mol. The molecular formula is C24H19N5O3S. The van der Waals surface area contributed by atoms with Crippen molar-refractivity contribution < 1.29 is 9.34 Å². The van der Waals surface area contributed by atoms with E-state index in [0.717, 1.165) is 17.0 Å². The summed E-state index contributed by atoms with van der Waals surface area (Å²) in [6.07, 6.45) is 3.51. The molecule has 33 heavy (non-hydrogen) atoms. The second-order valence-electron chi connectivity index (χ2n) is 7.58. The summed E-state index contributed by atoms with van der Waals surface area (Å²) in [4.78, 5) is 21.6. The lowest BCUT2D eigenvalue weighted by Gasteiger charge is -2.25. The first kappa shape index (κ1) is 20.8. The summed E-state index contributed by atoms with van der Waals surface area (Å²) >= 11 is 5.69. The SMILES string of the molecule is O=[N+]([O-])c1ccc(-c2ccc([C@H]3[C@H](c4ccccn4)NC(=S)N3Cc3ccccn3)o2)cc1. The smallest absolute Gasteiger partial charge is 0.269 e. The summed E-state index contributed by atoms with van der Waals surface area (Å²) < 4.78 is 6.26. The Bertz CT molecular complexity index is 1280. The molecule has 1 fully saturated rings. The van der Waals surface area contributed by atoms with Gasteiger partial charge in [0.05, 0.1) is 28.9 Å². The fraction of sp³-hybridized carbons (Fsp3) is 0.125. The maximum atomic E-state index is 11.0. The molecule has 4 heterocycles. The van der Waals surface area contributed by atoms with Crippen molar-refractivity contribution in [3.63, 3.8) is 0 Å². The number of thiocarbonyl (C=S) groups is 1. The molecule has 2 atom stereocenters. The number of pyridine rings is 2. The topological polar surface area (TPSA) is 97.3 Å². The van der Waals surface area contributed by atoms with Gasteiger partial charge in [0.15, 0.2) is 5.11 Å². The van der Waals surface area contributed by atoms with Crippen LogP contribution in [0, 0.1) is 10.1 Å².